The number of carbonyl (C=O) groups excluding carboxylic acids is 2. The Balaban J connectivity index is 1.24. The molecule has 10 unspecified atom stereocenters. The number of aliphatic carboxylic acids is 1. The summed E-state index contributed by atoms with van der Waals surface area (Å²) in [5, 5.41) is 8.87. The molecule has 1 spiro atoms. The van der Waals surface area contributed by atoms with Crippen molar-refractivity contribution in [1.82, 2.24) is 0 Å². The number of fused-ring (bicyclic) bond motifs is 3. The minimum Gasteiger partial charge on any atom is -0.481 e. The molecule has 1 aliphatic heterocycles. The van der Waals surface area contributed by atoms with Crippen molar-refractivity contribution in [2.24, 2.45) is 28.6 Å². The molecule has 0 aromatic carbocycles. The highest BCUT2D eigenvalue weighted by Crippen LogP contribution is 2.78. The third-order valence-corrected chi connectivity index (χ3v) is 11.3. The molecule has 6 rings (SSSR count). The predicted molar refractivity (Wildman–Crippen MR) is 137 cm³/mol. The van der Waals surface area contributed by atoms with Crippen LogP contribution in [-0.2, 0) is 28.6 Å². The van der Waals surface area contributed by atoms with Crippen molar-refractivity contribution < 1.29 is 38.1 Å². The number of carbonyl (C=O) groups is 3. The number of hydrogen-bond donors (Lipinski definition) is 1. The lowest BCUT2D eigenvalue weighted by molar-refractivity contribution is -0.168. The quantitative estimate of drug-likeness (QED) is 0.414. The fraction of sp³-hybridized carbons (Fsp3) is 0.733. The number of ether oxygens (including phenoxy) is 3. The molecule has 4 aliphatic carbocycles. The van der Waals surface area contributed by atoms with Crippen LogP contribution < -0.4 is 5.63 Å². The van der Waals surface area contributed by atoms with Gasteiger partial charge in [0, 0.05) is 24.3 Å². The summed E-state index contributed by atoms with van der Waals surface area (Å²) in [6, 6.07) is 3.24. The molecule has 0 amide bonds. The SMILES string of the molecule is CC(=O)OC1C(c2ccc(=O)oc2)C2(C)CCC3C(CCC4CC(OC(=O)CCC(=O)O)CCC43C)C23OC13. The summed E-state index contributed by atoms with van der Waals surface area (Å²) in [6.07, 6.45) is 6.99. The van der Waals surface area contributed by atoms with Crippen LogP contribution in [0.1, 0.15) is 90.0 Å². The van der Waals surface area contributed by atoms with Crippen molar-refractivity contribution in [3.05, 3.63) is 34.4 Å². The number of epoxide rings is 1. The average Bonchev–Trinajstić information content (AvgIpc) is 3.58. The van der Waals surface area contributed by atoms with Crippen LogP contribution in [0.3, 0.4) is 0 Å². The third-order valence-electron chi connectivity index (χ3n) is 11.3. The van der Waals surface area contributed by atoms with Gasteiger partial charge in [-0.2, -0.15) is 0 Å². The van der Waals surface area contributed by atoms with E-state index in [4.69, 9.17) is 23.7 Å². The van der Waals surface area contributed by atoms with Gasteiger partial charge in [-0.1, -0.05) is 13.8 Å². The second kappa shape index (κ2) is 9.18. The molecule has 1 aromatic rings. The van der Waals surface area contributed by atoms with Crippen molar-refractivity contribution >= 4 is 17.9 Å². The maximum Gasteiger partial charge on any atom is 0.335 e. The Hall–Kier alpha value is -2.68. The van der Waals surface area contributed by atoms with E-state index >= 15 is 0 Å². The van der Waals surface area contributed by atoms with Gasteiger partial charge in [0.1, 0.15) is 23.9 Å². The number of rotatable bonds is 6. The van der Waals surface area contributed by atoms with E-state index in [9.17, 15) is 19.2 Å². The van der Waals surface area contributed by atoms with Crippen molar-refractivity contribution in [3.63, 3.8) is 0 Å². The van der Waals surface area contributed by atoms with Gasteiger partial charge in [-0.05, 0) is 79.7 Å². The normalized spacial score (nSPS) is 43.7. The zero-order valence-electron chi connectivity index (χ0n) is 22.9. The topological polar surface area (TPSA) is 133 Å². The first-order valence-electron chi connectivity index (χ1n) is 14.3. The van der Waals surface area contributed by atoms with E-state index in [0.29, 0.717) is 17.8 Å². The highest BCUT2D eigenvalue weighted by Gasteiger charge is 2.84. The molecule has 4 saturated carbocycles. The van der Waals surface area contributed by atoms with E-state index < -0.39 is 23.7 Å². The zero-order valence-corrected chi connectivity index (χ0v) is 22.9. The molecule has 0 radical (unpaired) electrons. The van der Waals surface area contributed by atoms with E-state index in [-0.39, 0.29) is 53.4 Å². The summed E-state index contributed by atoms with van der Waals surface area (Å²) in [5.74, 6) is -0.665. The summed E-state index contributed by atoms with van der Waals surface area (Å²) in [4.78, 5) is 46.9. The fourth-order valence-electron chi connectivity index (χ4n) is 9.64. The zero-order chi connectivity index (χ0) is 27.7. The third kappa shape index (κ3) is 3.98. The molecular weight excluding hydrogens is 504 g/mol. The summed E-state index contributed by atoms with van der Waals surface area (Å²) >= 11 is 0. The van der Waals surface area contributed by atoms with Gasteiger partial charge >= 0.3 is 23.5 Å². The first-order valence-corrected chi connectivity index (χ1v) is 14.3. The molecule has 9 nitrogen and oxygen atoms in total. The molecule has 10 atom stereocenters. The number of carboxylic acid groups (broad SMARTS) is 1. The first kappa shape index (κ1) is 26.5. The average molecular weight is 543 g/mol. The van der Waals surface area contributed by atoms with Gasteiger partial charge < -0.3 is 23.7 Å². The van der Waals surface area contributed by atoms with Crippen LogP contribution >= 0.6 is 0 Å². The van der Waals surface area contributed by atoms with Crippen molar-refractivity contribution in [3.8, 4) is 0 Å². The van der Waals surface area contributed by atoms with Crippen molar-refractivity contribution in [2.75, 3.05) is 0 Å². The minimum atomic E-state index is -0.993. The molecule has 5 fully saturated rings. The maximum absolute atomic E-state index is 12.2. The molecule has 39 heavy (non-hydrogen) atoms. The summed E-state index contributed by atoms with van der Waals surface area (Å²) in [5.41, 5.74) is -0.0833. The van der Waals surface area contributed by atoms with E-state index in [1.807, 2.05) is 0 Å². The van der Waals surface area contributed by atoms with Crippen molar-refractivity contribution in [2.45, 2.75) is 108 Å². The van der Waals surface area contributed by atoms with Crippen LogP contribution in [0.4, 0.5) is 0 Å². The largest absolute Gasteiger partial charge is 0.481 e. The first-order chi connectivity index (χ1) is 18.5. The Bertz CT molecular complexity index is 1220. The Morgan fingerprint density at radius 2 is 1.82 bits per heavy atom. The minimum absolute atomic E-state index is 0.0895. The summed E-state index contributed by atoms with van der Waals surface area (Å²) in [7, 11) is 0. The molecular formula is C30H38O9. The van der Waals surface area contributed by atoms with Gasteiger partial charge in [0.15, 0.2) is 0 Å². The molecule has 2 heterocycles. The smallest absolute Gasteiger partial charge is 0.335 e. The van der Waals surface area contributed by atoms with E-state index in [2.05, 4.69) is 13.8 Å². The van der Waals surface area contributed by atoms with Crippen LogP contribution in [0.2, 0.25) is 0 Å². The highest BCUT2D eigenvalue weighted by atomic mass is 16.7. The number of carboxylic acids is 1. The van der Waals surface area contributed by atoms with Crippen LogP contribution in [-0.4, -0.2) is 46.9 Å². The maximum atomic E-state index is 12.2. The van der Waals surface area contributed by atoms with Crippen LogP contribution in [0.25, 0.3) is 0 Å². The van der Waals surface area contributed by atoms with Crippen LogP contribution in [0, 0.1) is 28.6 Å². The van der Waals surface area contributed by atoms with Crippen molar-refractivity contribution in [1.29, 1.82) is 0 Å². The Labute approximate surface area is 227 Å². The van der Waals surface area contributed by atoms with Gasteiger partial charge in [-0.15, -0.1) is 0 Å². The molecule has 1 saturated heterocycles. The summed E-state index contributed by atoms with van der Waals surface area (Å²) < 4.78 is 23.6. The molecule has 1 N–H and O–H groups in total. The van der Waals surface area contributed by atoms with Gasteiger partial charge in [0.05, 0.1) is 19.1 Å². The standard InChI is InChI=1S/C30H38O9/c1-16(31)37-26-25(17-4-8-23(34)36-15-17)29(3)13-11-20-21(30(29)27(26)39-30)6-5-18-14-19(10-12-28(18,20)2)38-24(35)9-7-22(32)33/h4,8,15,18-21,25-27H,5-7,9-14H2,1-3H3,(H,32,33). The molecule has 1 aromatic heterocycles. The van der Waals surface area contributed by atoms with Crippen LogP contribution in [0.5, 0.6) is 0 Å². The molecule has 9 heteroatoms. The van der Waals surface area contributed by atoms with Gasteiger partial charge in [-0.25, -0.2) is 4.79 Å². The van der Waals surface area contributed by atoms with E-state index in [1.54, 1.807) is 6.07 Å². The Morgan fingerprint density at radius 3 is 2.51 bits per heavy atom. The lowest BCUT2D eigenvalue weighted by Gasteiger charge is -2.61. The number of hydrogen-bond acceptors (Lipinski definition) is 8. The Morgan fingerprint density at radius 1 is 1.03 bits per heavy atom. The molecule has 5 aliphatic rings. The van der Waals surface area contributed by atoms with E-state index in [1.165, 1.54) is 19.3 Å². The second-order valence-electron chi connectivity index (χ2n) is 13.0. The predicted octanol–water partition coefficient (Wildman–Crippen LogP) is 4.22. The fourth-order valence-corrected chi connectivity index (χ4v) is 9.64. The van der Waals surface area contributed by atoms with Gasteiger partial charge in [-0.3, -0.25) is 14.4 Å². The molecule has 212 valence electrons. The lowest BCUT2D eigenvalue weighted by atomic mass is 9.44. The second-order valence-corrected chi connectivity index (χ2v) is 13.0. The van der Waals surface area contributed by atoms with Crippen LogP contribution in [0.15, 0.2) is 27.6 Å². The van der Waals surface area contributed by atoms with Gasteiger partial charge in [0.25, 0.3) is 0 Å². The van der Waals surface area contributed by atoms with Gasteiger partial charge in [0.2, 0.25) is 0 Å². The Kier molecular flexibility index (Phi) is 6.25. The monoisotopic (exact) mass is 542 g/mol. The highest BCUT2D eigenvalue weighted by molar-refractivity contribution is 5.76. The molecule has 0 bridgehead atoms. The lowest BCUT2D eigenvalue weighted by Crippen LogP contribution is -2.58. The summed E-state index contributed by atoms with van der Waals surface area (Å²) in [6.45, 7) is 6.10. The van der Waals surface area contributed by atoms with E-state index in [0.717, 1.165) is 50.5 Å². The number of esters is 2.